The smallest absolute Gasteiger partial charge is 0.272 e. The van der Waals surface area contributed by atoms with Gasteiger partial charge in [-0.2, -0.15) is 0 Å². The summed E-state index contributed by atoms with van der Waals surface area (Å²) in [4.78, 5) is 28.8. The first-order valence-corrected chi connectivity index (χ1v) is 12.0. The van der Waals surface area contributed by atoms with Gasteiger partial charge in [0.25, 0.3) is 11.8 Å². The number of carbonyl (C=O) groups is 2. The molecule has 0 aromatic heterocycles. The number of amides is 2. The highest BCUT2D eigenvalue weighted by Gasteiger charge is 2.40. The Morgan fingerprint density at radius 1 is 0.879 bits per heavy atom. The molecule has 0 atom stereocenters. The van der Waals surface area contributed by atoms with E-state index in [0.29, 0.717) is 34.4 Å². The monoisotopic (exact) mass is 457 g/mol. The van der Waals surface area contributed by atoms with E-state index in [-0.39, 0.29) is 11.8 Å². The molecule has 33 heavy (non-hydrogen) atoms. The van der Waals surface area contributed by atoms with Crippen molar-refractivity contribution in [3.63, 3.8) is 0 Å². The standard InChI is InChI=1S/C28H27NO3S/c1-19(2)17-32-24-14-12-22(13-15-24)25-26(33-18-21-9-5-4-6-10-21)28(31)29(27(25)30)23-11-7-8-20(3)16-23/h4-16,19H,17-18H2,1-3H3. The Kier molecular flexibility index (Phi) is 6.99. The number of carbonyl (C=O) groups excluding carboxylic acids is 2. The molecular formula is C28H27NO3S. The number of ether oxygens (including phenoxy) is 1. The second kappa shape index (κ2) is 10.1. The van der Waals surface area contributed by atoms with Gasteiger partial charge in [0.2, 0.25) is 0 Å². The number of nitrogens with zero attached hydrogens (tertiary/aromatic N) is 1. The fourth-order valence-electron chi connectivity index (χ4n) is 3.61. The fraction of sp³-hybridized carbons (Fsp3) is 0.214. The van der Waals surface area contributed by atoms with Gasteiger partial charge in [0.15, 0.2) is 0 Å². The van der Waals surface area contributed by atoms with Crippen molar-refractivity contribution in [3.8, 4) is 5.75 Å². The average molecular weight is 458 g/mol. The highest BCUT2D eigenvalue weighted by atomic mass is 32.2. The molecule has 0 saturated carbocycles. The summed E-state index contributed by atoms with van der Waals surface area (Å²) in [6.45, 7) is 6.76. The maximum absolute atomic E-state index is 13.6. The quantitative estimate of drug-likeness (QED) is 0.375. The van der Waals surface area contributed by atoms with Crippen molar-refractivity contribution >= 4 is 34.8 Å². The van der Waals surface area contributed by atoms with Crippen molar-refractivity contribution in [1.29, 1.82) is 0 Å². The van der Waals surface area contributed by atoms with Crippen molar-refractivity contribution in [1.82, 2.24) is 0 Å². The largest absolute Gasteiger partial charge is 0.493 e. The van der Waals surface area contributed by atoms with Crippen molar-refractivity contribution in [2.24, 2.45) is 5.92 Å². The summed E-state index contributed by atoms with van der Waals surface area (Å²) in [5, 5.41) is 0. The van der Waals surface area contributed by atoms with E-state index in [1.165, 1.54) is 16.7 Å². The summed E-state index contributed by atoms with van der Waals surface area (Å²) >= 11 is 1.41. The molecule has 0 radical (unpaired) electrons. The van der Waals surface area contributed by atoms with Crippen LogP contribution in [0.15, 0.2) is 83.8 Å². The predicted molar refractivity (Wildman–Crippen MR) is 135 cm³/mol. The number of thioether (sulfide) groups is 1. The maximum Gasteiger partial charge on any atom is 0.272 e. The number of imide groups is 1. The summed E-state index contributed by atoms with van der Waals surface area (Å²) in [6, 6.07) is 24.9. The summed E-state index contributed by atoms with van der Waals surface area (Å²) in [6.07, 6.45) is 0. The zero-order valence-corrected chi connectivity index (χ0v) is 19.9. The van der Waals surface area contributed by atoms with Gasteiger partial charge in [-0.25, -0.2) is 4.90 Å². The molecule has 1 aliphatic rings. The highest BCUT2D eigenvalue weighted by molar-refractivity contribution is 8.03. The number of hydrogen-bond acceptors (Lipinski definition) is 4. The van der Waals surface area contributed by atoms with Crippen LogP contribution in [0.3, 0.4) is 0 Å². The SMILES string of the molecule is Cc1cccc(N2C(=O)C(SCc3ccccc3)=C(c3ccc(OCC(C)C)cc3)C2=O)c1. The van der Waals surface area contributed by atoms with Gasteiger partial charge in [-0.15, -0.1) is 11.8 Å². The van der Waals surface area contributed by atoms with E-state index < -0.39 is 0 Å². The van der Waals surface area contributed by atoms with Crippen molar-refractivity contribution in [2.75, 3.05) is 11.5 Å². The second-order valence-electron chi connectivity index (χ2n) is 8.49. The van der Waals surface area contributed by atoms with Crippen LogP contribution in [0.2, 0.25) is 0 Å². The molecule has 0 N–H and O–H groups in total. The maximum atomic E-state index is 13.6. The third kappa shape index (κ3) is 5.20. The number of hydrogen-bond donors (Lipinski definition) is 0. The minimum atomic E-state index is -0.294. The molecular weight excluding hydrogens is 430 g/mol. The fourth-order valence-corrected chi connectivity index (χ4v) is 4.68. The molecule has 0 saturated heterocycles. The van der Waals surface area contributed by atoms with Crippen molar-refractivity contribution in [3.05, 3.63) is 100 Å². The summed E-state index contributed by atoms with van der Waals surface area (Å²) < 4.78 is 5.79. The molecule has 0 bridgehead atoms. The van der Waals surface area contributed by atoms with Gasteiger partial charge >= 0.3 is 0 Å². The topological polar surface area (TPSA) is 46.6 Å². The zero-order valence-electron chi connectivity index (χ0n) is 19.1. The minimum Gasteiger partial charge on any atom is -0.493 e. The van der Waals surface area contributed by atoms with Gasteiger partial charge in [0.05, 0.1) is 22.8 Å². The summed E-state index contributed by atoms with van der Waals surface area (Å²) in [5.41, 5.74) is 3.84. The van der Waals surface area contributed by atoms with Crippen molar-refractivity contribution < 1.29 is 14.3 Å². The number of aryl methyl sites for hydroxylation is 1. The number of benzene rings is 3. The second-order valence-corrected chi connectivity index (χ2v) is 9.48. The lowest BCUT2D eigenvalue weighted by atomic mass is 10.1. The number of anilines is 1. The Bertz CT molecular complexity index is 1180. The van der Waals surface area contributed by atoms with Crippen LogP contribution in [0.5, 0.6) is 5.75 Å². The van der Waals surface area contributed by atoms with E-state index in [4.69, 9.17) is 4.74 Å². The van der Waals surface area contributed by atoms with Crippen LogP contribution in [0, 0.1) is 12.8 Å². The number of rotatable bonds is 8. The summed E-state index contributed by atoms with van der Waals surface area (Å²) in [5.74, 6) is 1.21. The molecule has 0 aliphatic carbocycles. The first-order valence-electron chi connectivity index (χ1n) is 11.0. The molecule has 0 spiro atoms. The zero-order chi connectivity index (χ0) is 23.4. The molecule has 5 heteroatoms. The molecule has 4 nitrogen and oxygen atoms in total. The van der Waals surface area contributed by atoms with Gasteiger partial charge in [-0.1, -0.05) is 68.4 Å². The molecule has 0 fully saturated rings. The molecule has 1 aliphatic heterocycles. The Hall–Kier alpha value is -3.31. The first kappa shape index (κ1) is 22.9. The van der Waals surface area contributed by atoms with Crippen molar-refractivity contribution in [2.45, 2.75) is 26.5 Å². The molecule has 168 valence electrons. The van der Waals surface area contributed by atoms with Crippen LogP contribution in [-0.2, 0) is 15.3 Å². The van der Waals surface area contributed by atoms with Gasteiger partial charge in [-0.3, -0.25) is 9.59 Å². The summed E-state index contributed by atoms with van der Waals surface area (Å²) in [7, 11) is 0. The van der Waals surface area contributed by atoms with Crippen LogP contribution >= 0.6 is 11.8 Å². The van der Waals surface area contributed by atoms with Gasteiger partial charge in [-0.05, 0) is 53.8 Å². The molecule has 1 heterocycles. The Labute approximate surface area is 199 Å². The van der Waals surface area contributed by atoms with E-state index in [1.807, 2.05) is 79.7 Å². The van der Waals surface area contributed by atoms with E-state index in [9.17, 15) is 9.59 Å². The lowest BCUT2D eigenvalue weighted by molar-refractivity contribution is -0.119. The van der Waals surface area contributed by atoms with E-state index in [2.05, 4.69) is 13.8 Å². The van der Waals surface area contributed by atoms with E-state index >= 15 is 0 Å². The van der Waals surface area contributed by atoms with Crippen LogP contribution in [0.4, 0.5) is 5.69 Å². The van der Waals surface area contributed by atoms with Crippen LogP contribution in [-0.4, -0.2) is 18.4 Å². The van der Waals surface area contributed by atoms with Crippen LogP contribution < -0.4 is 9.64 Å². The minimum absolute atomic E-state index is 0.276. The predicted octanol–water partition coefficient (Wildman–Crippen LogP) is 6.25. The van der Waals surface area contributed by atoms with E-state index in [1.54, 1.807) is 6.07 Å². The van der Waals surface area contributed by atoms with Crippen LogP contribution in [0.1, 0.15) is 30.5 Å². The van der Waals surface area contributed by atoms with Crippen LogP contribution in [0.25, 0.3) is 5.57 Å². The van der Waals surface area contributed by atoms with E-state index in [0.717, 1.165) is 22.4 Å². The van der Waals surface area contributed by atoms with Gasteiger partial charge in [0.1, 0.15) is 5.75 Å². The highest BCUT2D eigenvalue weighted by Crippen LogP contribution is 2.40. The Morgan fingerprint density at radius 3 is 2.27 bits per heavy atom. The molecule has 4 rings (SSSR count). The lowest BCUT2D eigenvalue weighted by Crippen LogP contribution is -2.31. The first-order chi connectivity index (χ1) is 15.9. The lowest BCUT2D eigenvalue weighted by Gasteiger charge is -2.16. The normalized spacial score (nSPS) is 13.9. The molecule has 2 amide bonds. The average Bonchev–Trinajstić information content (AvgIpc) is 3.06. The molecule has 3 aromatic rings. The molecule has 3 aromatic carbocycles. The third-order valence-corrected chi connectivity index (χ3v) is 6.40. The van der Waals surface area contributed by atoms with Gasteiger partial charge < -0.3 is 4.74 Å². The third-order valence-electron chi connectivity index (χ3n) is 5.25. The Balaban J connectivity index is 1.68. The molecule has 0 unspecified atom stereocenters. The Morgan fingerprint density at radius 2 is 1.61 bits per heavy atom. The van der Waals surface area contributed by atoms with Gasteiger partial charge in [0, 0.05) is 5.75 Å².